The fraction of sp³-hybridized carbons (Fsp3) is 0.364. The highest BCUT2D eigenvalue weighted by Gasteiger charge is 2.08. The Labute approximate surface area is 88.8 Å². The van der Waals surface area contributed by atoms with Gasteiger partial charge >= 0.3 is 0 Å². The molecule has 0 unspecified atom stereocenters. The zero-order chi connectivity index (χ0) is 10.8. The van der Waals surface area contributed by atoms with E-state index < -0.39 is 0 Å². The second kappa shape index (κ2) is 3.90. The maximum Gasteiger partial charge on any atom is 0.135 e. The summed E-state index contributed by atoms with van der Waals surface area (Å²) in [6, 6.07) is 6.10. The van der Waals surface area contributed by atoms with E-state index in [1.54, 1.807) is 10.9 Å². The van der Waals surface area contributed by atoms with Crippen molar-refractivity contribution in [1.82, 2.24) is 14.3 Å². The third-order valence-electron chi connectivity index (χ3n) is 2.51. The first kappa shape index (κ1) is 9.98. The molecule has 15 heavy (non-hydrogen) atoms. The van der Waals surface area contributed by atoms with Gasteiger partial charge in [-0.15, -0.1) is 0 Å². The summed E-state index contributed by atoms with van der Waals surface area (Å²) in [6.07, 6.45) is 1.75. The molecule has 0 aliphatic carbocycles. The van der Waals surface area contributed by atoms with E-state index in [9.17, 15) is 0 Å². The van der Waals surface area contributed by atoms with Crippen LogP contribution in [0, 0.1) is 13.8 Å². The molecule has 0 saturated carbocycles. The standard InChI is InChI=1S/C11H15N3O/c1-9-3-4-10(2)14(9)11-5-6-12-13(11)7-8-15/h3-6,15H,7-8H2,1-2H3. The van der Waals surface area contributed by atoms with E-state index >= 15 is 0 Å². The van der Waals surface area contributed by atoms with Gasteiger partial charge in [-0.3, -0.25) is 0 Å². The number of aryl methyl sites for hydroxylation is 2. The summed E-state index contributed by atoms with van der Waals surface area (Å²) in [7, 11) is 0. The summed E-state index contributed by atoms with van der Waals surface area (Å²) < 4.78 is 3.93. The highest BCUT2D eigenvalue weighted by atomic mass is 16.3. The van der Waals surface area contributed by atoms with Gasteiger partial charge in [0.05, 0.1) is 19.3 Å². The van der Waals surface area contributed by atoms with Crippen LogP contribution >= 0.6 is 0 Å². The molecule has 2 heterocycles. The first-order valence-corrected chi connectivity index (χ1v) is 5.02. The number of hydrogen-bond donors (Lipinski definition) is 1. The molecule has 4 heteroatoms. The average Bonchev–Trinajstić information content (AvgIpc) is 2.75. The Morgan fingerprint density at radius 2 is 1.87 bits per heavy atom. The Morgan fingerprint density at radius 1 is 1.20 bits per heavy atom. The maximum absolute atomic E-state index is 8.93. The maximum atomic E-state index is 8.93. The Bertz CT molecular complexity index is 437. The predicted octanol–water partition coefficient (Wildman–Crippen LogP) is 1.28. The fourth-order valence-corrected chi connectivity index (χ4v) is 1.81. The summed E-state index contributed by atoms with van der Waals surface area (Å²) in [5.41, 5.74) is 2.35. The van der Waals surface area contributed by atoms with Crippen LogP contribution in [0.25, 0.3) is 5.82 Å². The summed E-state index contributed by atoms with van der Waals surface area (Å²) in [5.74, 6) is 1.00. The Kier molecular flexibility index (Phi) is 2.60. The summed E-state index contributed by atoms with van der Waals surface area (Å²) in [6.45, 7) is 4.75. The minimum atomic E-state index is 0.105. The lowest BCUT2D eigenvalue weighted by molar-refractivity contribution is 0.269. The van der Waals surface area contributed by atoms with Crippen LogP contribution in [-0.2, 0) is 6.54 Å². The lowest BCUT2D eigenvalue weighted by atomic mass is 10.5. The third kappa shape index (κ3) is 1.68. The van der Waals surface area contributed by atoms with Crippen LogP contribution < -0.4 is 0 Å². The molecule has 0 amide bonds. The minimum absolute atomic E-state index is 0.105. The molecule has 4 nitrogen and oxygen atoms in total. The second-order valence-electron chi connectivity index (χ2n) is 3.59. The minimum Gasteiger partial charge on any atom is -0.394 e. The van der Waals surface area contributed by atoms with E-state index in [1.165, 1.54) is 11.4 Å². The van der Waals surface area contributed by atoms with Crippen LogP contribution in [0.3, 0.4) is 0 Å². The monoisotopic (exact) mass is 205 g/mol. The van der Waals surface area contributed by atoms with Gasteiger partial charge in [0.1, 0.15) is 5.82 Å². The van der Waals surface area contributed by atoms with E-state index in [0.717, 1.165) is 5.82 Å². The number of nitrogens with zero attached hydrogens (tertiary/aromatic N) is 3. The molecule has 0 aliphatic heterocycles. The number of hydrogen-bond acceptors (Lipinski definition) is 2. The third-order valence-corrected chi connectivity index (χ3v) is 2.51. The molecular weight excluding hydrogens is 190 g/mol. The largest absolute Gasteiger partial charge is 0.394 e. The molecule has 2 aromatic heterocycles. The summed E-state index contributed by atoms with van der Waals surface area (Å²) in [4.78, 5) is 0. The van der Waals surface area contributed by atoms with Gasteiger partial charge in [-0.25, -0.2) is 4.68 Å². The number of aliphatic hydroxyl groups excluding tert-OH is 1. The molecule has 0 aromatic carbocycles. The van der Waals surface area contributed by atoms with Crippen LogP contribution in [0.1, 0.15) is 11.4 Å². The number of rotatable bonds is 3. The summed E-state index contributed by atoms with van der Waals surface area (Å²) >= 11 is 0. The average molecular weight is 205 g/mol. The normalized spacial score (nSPS) is 10.9. The van der Waals surface area contributed by atoms with E-state index in [4.69, 9.17) is 5.11 Å². The molecule has 0 spiro atoms. The molecular formula is C11H15N3O. The van der Waals surface area contributed by atoms with Crippen molar-refractivity contribution >= 4 is 0 Å². The highest BCUT2D eigenvalue weighted by Crippen LogP contribution is 2.15. The smallest absolute Gasteiger partial charge is 0.135 e. The fourth-order valence-electron chi connectivity index (χ4n) is 1.81. The lowest BCUT2D eigenvalue weighted by Gasteiger charge is -2.11. The molecule has 1 N–H and O–H groups in total. The van der Waals surface area contributed by atoms with Crippen LogP contribution in [0.4, 0.5) is 0 Å². The quantitative estimate of drug-likeness (QED) is 0.820. The predicted molar refractivity (Wildman–Crippen MR) is 58.1 cm³/mol. The number of aliphatic hydroxyl groups is 1. The van der Waals surface area contributed by atoms with Gasteiger partial charge < -0.3 is 9.67 Å². The van der Waals surface area contributed by atoms with E-state index in [2.05, 4.69) is 35.6 Å². The van der Waals surface area contributed by atoms with Gasteiger partial charge in [-0.05, 0) is 26.0 Å². The van der Waals surface area contributed by atoms with Gasteiger partial charge in [-0.2, -0.15) is 5.10 Å². The van der Waals surface area contributed by atoms with Gasteiger partial charge in [0.25, 0.3) is 0 Å². The van der Waals surface area contributed by atoms with Gasteiger partial charge in [-0.1, -0.05) is 0 Å². The molecule has 0 atom stereocenters. The molecule has 0 aliphatic rings. The van der Waals surface area contributed by atoms with E-state index in [1.807, 2.05) is 6.07 Å². The van der Waals surface area contributed by atoms with Crippen LogP contribution in [0.2, 0.25) is 0 Å². The van der Waals surface area contributed by atoms with Crippen molar-refractivity contribution in [2.24, 2.45) is 0 Å². The molecule has 2 aromatic rings. The highest BCUT2D eigenvalue weighted by molar-refractivity contribution is 5.31. The van der Waals surface area contributed by atoms with Crippen LogP contribution in [0.15, 0.2) is 24.4 Å². The topological polar surface area (TPSA) is 43.0 Å². The van der Waals surface area contributed by atoms with Crippen molar-refractivity contribution in [3.8, 4) is 5.82 Å². The molecule has 80 valence electrons. The first-order chi connectivity index (χ1) is 7.24. The first-order valence-electron chi connectivity index (χ1n) is 5.02. The SMILES string of the molecule is Cc1ccc(C)n1-c1ccnn1CCO. The molecule has 0 bridgehead atoms. The van der Waals surface area contributed by atoms with E-state index in [-0.39, 0.29) is 6.61 Å². The molecule has 0 radical (unpaired) electrons. The van der Waals surface area contributed by atoms with Crippen molar-refractivity contribution in [2.75, 3.05) is 6.61 Å². The molecule has 0 saturated heterocycles. The lowest BCUT2D eigenvalue weighted by Crippen LogP contribution is -2.11. The Hall–Kier alpha value is -1.55. The zero-order valence-electron chi connectivity index (χ0n) is 9.01. The molecule has 0 fully saturated rings. The Morgan fingerprint density at radius 3 is 2.47 bits per heavy atom. The van der Waals surface area contributed by atoms with Gasteiger partial charge in [0.2, 0.25) is 0 Å². The number of aromatic nitrogens is 3. The Balaban J connectivity index is 2.49. The van der Waals surface area contributed by atoms with E-state index in [0.29, 0.717) is 6.54 Å². The van der Waals surface area contributed by atoms with Gasteiger partial charge in [0.15, 0.2) is 0 Å². The van der Waals surface area contributed by atoms with Crippen molar-refractivity contribution < 1.29 is 5.11 Å². The van der Waals surface area contributed by atoms with Crippen LogP contribution in [-0.4, -0.2) is 26.1 Å². The van der Waals surface area contributed by atoms with Crippen LogP contribution in [0.5, 0.6) is 0 Å². The summed E-state index contributed by atoms with van der Waals surface area (Å²) in [5, 5.41) is 13.1. The van der Waals surface area contributed by atoms with Crippen molar-refractivity contribution in [1.29, 1.82) is 0 Å². The van der Waals surface area contributed by atoms with Crippen molar-refractivity contribution in [3.63, 3.8) is 0 Å². The van der Waals surface area contributed by atoms with Gasteiger partial charge in [0, 0.05) is 17.5 Å². The zero-order valence-corrected chi connectivity index (χ0v) is 9.01. The molecule has 2 rings (SSSR count). The van der Waals surface area contributed by atoms with Crippen molar-refractivity contribution in [3.05, 3.63) is 35.8 Å². The second-order valence-corrected chi connectivity index (χ2v) is 3.59. The van der Waals surface area contributed by atoms with Crippen molar-refractivity contribution in [2.45, 2.75) is 20.4 Å².